The molecule has 3 heterocycles. The topological polar surface area (TPSA) is 167 Å². The molecule has 0 saturated carbocycles. The van der Waals surface area contributed by atoms with Crippen molar-refractivity contribution >= 4 is 47.3 Å². The van der Waals surface area contributed by atoms with Gasteiger partial charge in [-0.25, -0.2) is 27.0 Å². The number of amides is 1. The first-order valence-electron chi connectivity index (χ1n) is 13.3. The SMILES string of the molecule is NS(=O)(=O)CCNC(=O)C(c1nc2ccc(-c3cnn(CCN4CCOCC4)c3)cc2s1)S(=O)(=O)Cc1ccccc1. The van der Waals surface area contributed by atoms with Crippen molar-refractivity contribution in [2.45, 2.75) is 17.5 Å². The number of ether oxygens (including phenoxy) is 1. The van der Waals surface area contributed by atoms with Crippen LogP contribution in [0.1, 0.15) is 15.8 Å². The fraction of sp³-hybridized carbons (Fsp3) is 0.370. The quantitative estimate of drug-likeness (QED) is 0.236. The molecule has 12 nitrogen and oxygen atoms in total. The molecule has 0 bridgehead atoms. The summed E-state index contributed by atoms with van der Waals surface area (Å²) in [5.41, 5.74) is 2.86. The number of hydrogen-bond donors (Lipinski definition) is 2. The van der Waals surface area contributed by atoms with Crippen molar-refractivity contribution in [3.63, 3.8) is 0 Å². The lowest BCUT2D eigenvalue weighted by molar-refractivity contribution is -0.120. The lowest BCUT2D eigenvalue weighted by Crippen LogP contribution is -2.38. The Labute approximate surface area is 248 Å². The molecule has 1 aliphatic rings. The van der Waals surface area contributed by atoms with Crippen LogP contribution >= 0.6 is 11.3 Å². The number of sulfonamides is 1. The first kappa shape index (κ1) is 30.3. The van der Waals surface area contributed by atoms with Crippen LogP contribution in [0.2, 0.25) is 0 Å². The molecule has 1 fully saturated rings. The summed E-state index contributed by atoms with van der Waals surface area (Å²) in [6.45, 7) is 4.60. The Hall–Kier alpha value is -3.21. The van der Waals surface area contributed by atoms with Gasteiger partial charge in [-0.1, -0.05) is 36.4 Å². The number of sulfone groups is 1. The molecule has 224 valence electrons. The van der Waals surface area contributed by atoms with E-state index >= 15 is 0 Å². The van der Waals surface area contributed by atoms with E-state index in [1.165, 1.54) is 0 Å². The number of hydrogen-bond acceptors (Lipinski definition) is 10. The first-order valence-corrected chi connectivity index (χ1v) is 17.6. The van der Waals surface area contributed by atoms with Crippen LogP contribution in [-0.4, -0.2) is 87.6 Å². The average molecular weight is 633 g/mol. The highest BCUT2D eigenvalue weighted by Crippen LogP contribution is 2.35. The van der Waals surface area contributed by atoms with Crippen LogP contribution in [-0.2, 0) is 41.7 Å². The zero-order valence-electron chi connectivity index (χ0n) is 22.8. The minimum atomic E-state index is -4.09. The highest BCUT2D eigenvalue weighted by Gasteiger charge is 2.37. The molecule has 0 aliphatic carbocycles. The summed E-state index contributed by atoms with van der Waals surface area (Å²) in [6, 6.07) is 14.1. The van der Waals surface area contributed by atoms with E-state index in [-0.39, 0.29) is 17.3 Å². The predicted molar refractivity (Wildman–Crippen MR) is 161 cm³/mol. The van der Waals surface area contributed by atoms with E-state index in [0.29, 0.717) is 15.8 Å². The normalized spacial score (nSPS) is 15.5. The van der Waals surface area contributed by atoms with Gasteiger partial charge >= 0.3 is 0 Å². The number of nitrogens with two attached hydrogens (primary N) is 1. The van der Waals surface area contributed by atoms with Gasteiger partial charge in [-0.15, -0.1) is 11.3 Å². The highest BCUT2D eigenvalue weighted by atomic mass is 32.2. The smallest absolute Gasteiger partial charge is 0.245 e. The van der Waals surface area contributed by atoms with Crippen molar-refractivity contribution in [2.24, 2.45) is 5.14 Å². The molecular formula is C27H32N6O6S3. The lowest BCUT2D eigenvalue weighted by Gasteiger charge is -2.26. The molecule has 1 aliphatic heterocycles. The van der Waals surface area contributed by atoms with Crippen LogP contribution in [0.15, 0.2) is 60.9 Å². The van der Waals surface area contributed by atoms with Crippen molar-refractivity contribution in [2.75, 3.05) is 45.1 Å². The fourth-order valence-electron chi connectivity index (χ4n) is 4.67. The summed E-state index contributed by atoms with van der Waals surface area (Å²) in [6.07, 6.45) is 3.75. The highest BCUT2D eigenvalue weighted by molar-refractivity contribution is 7.91. The number of nitrogens with zero attached hydrogens (tertiary/aromatic N) is 4. The van der Waals surface area contributed by atoms with Gasteiger partial charge in [0.15, 0.2) is 15.1 Å². The maximum atomic E-state index is 13.6. The number of morpholine rings is 1. The monoisotopic (exact) mass is 632 g/mol. The number of primary sulfonamides is 1. The molecule has 3 N–H and O–H groups in total. The van der Waals surface area contributed by atoms with Gasteiger partial charge in [0.05, 0.1) is 47.7 Å². The van der Waals surface area contributed by atoms with Crippen molar-refractivity contribution in [1.29, 1.82) is 0 Å². The van der Waals surface area contributed by atoms with Crippen molar-refractivity contribution < 1.29 is 26.4 Å². The van der Waals surface area contributed by atoms with E-state index in [4.69, 9.17) is 9.88 Å². The fourth-order valence-corrected chi connectivity index (χ4v) is 8.22. The van der Waals surface area contributed by atoms with E-state index in [1.807, 2.05) is 23.0 Å². The molecule has 5 rings (SSSR count). The number of benzene rings is 2. The van der Waals surface area contributed by atoms with Crippen molar-refractivity contribution in [3.8, 4) is 11.1 Å². The average Bonchev–Trinajstić information content (AvgIpc) is 3.58. The summed E-state index contributed by atoms with van der Waals surface area (Å²) in [5.74, 6) is -1.75. The number of fused-ring (bicyclic) bond motifs is 1. The van der Waals surface area contributed by atoms with Gasteiger partial charge in [0.25, 0.3) is 0 Å². The Morgan fingerprint density at radius 3 is 2.55 bits per heavy atom. The number of aromatic nitrogens is 3. The number of carbonyl (C=O) groups excluding carboxylic acids is 1. The van der Waals surface area contributed by atoms with Crippen LogP contribution in [0.25, 0.3) is 21.3 Å². The van der Waals surface area contributed by atoms with Crippen LogP contribution in [0, 0.1) is 0 Å². The van der Waals surface area contributed by atoms with Gasteiger partial charge < -0.3 is 10.1 Å². The predicted octanol–water partition coefficient (Wildman–Crippen LogP) is 1.55. The maximum Gasteiger partial charge on any atom is 0.245 e. The molecule has 1 amide bonds. The molecule has 1 atom stereocenters. The van der Waals surface area contributed by atoms with Gasteiger partial charge in [-0.2, -0.15) is 5.10 Å². The first-order chi connectivity index (χ1) is 20.1. The Bertz CT molecular complexity index is 1750. The maximum absolute atomic E-state index is 13.6. The summed E-state index contributed by atoms with van der Waals surface area (Å²) < 4.78 is 57.9. The number of nitrogens with one attached hydrogen (secondary N) is 1. The second-order valence-corrected chi connectivity index (χ2v) is 14.9. The lowest BCUT2D eigenvalue weighted by atomic mass is 10.1. The van der Waals surface area contributed by atoms with E-state index in [2.05, 4.69) is 20.3 Å². The third-order valence-corrected chi connectivity index (χ3v) is 10.7. The standard InChI is InChI=1S/C27H32N6O6S3/c28-42(37,38)15-8-29-26(34)25(41(35,36)19-20-4-2-1-3-5-20)27-31-23-7-6-21(16-24(23)40-27)22-17-30-33(18-22)10-9-32-11-13-39-14-12-32/h1-7,16-18,25H,8-15,19H2,(H,29,34)(H2,28,37,38). The molecule has 15 heteroatoms. The molecule has 2 aromatic heterocycles. The molecule has 1 saturated heterocycles. The molecule has 1 unspecified atom stereocenters. The van der Waals surface area contributed by atoms with Gasteiger partial charge in [0.1, 0.15) is 5.01 Å². The molecule has 4 aromatic rings. The van der Waals surface area contributed by atoms with E-state index in [1.54, 1.807) is 42.6 Å². The van der Waals surface area contributed by atoms with Crippen molar-refractivity contribution in [1.82, 2.24) is 25.0 Å². The van der Waals surface area contributed by atoms with Crippen LogP contribution < -0.4 is 10.5 Å². The van der Waals surface area contributed by atoms with Crippen LogP contribution in [0.3, 0.4) is 0 Å². The van der Waals surface area contributed by atoms with Gasteiger partial charge in [0.2, 0.25) is 15.9 Å². The summed E-state index contributed by atoms with van der Waals surface area (Å²) in [4.78, 5) is 20.1. The van der Waals surface area contributed by atoms with E-state index in [9.17, 15) is 21.6 Å². The zero-order valence-corrected chi connectivity index (χ0v) is 25.2. The van der Waals surface area contributed by atoms with Crippen molar-refractivity contribution in [3.05, 3.63) is 71.5 Å². The van der Waals surface area contributed by atoms with Gasteiger partial charge in [-0.3, -0.25) is 14.4 Å². The summed E-state index contributed by atoms with van der Waals surface area (Å²) in [5, 5.41) is 10.4. The number of rotatable bonds is 12. The Morgan fingerprint density at radius 2 is 1.81 bits per heavy atom. The third kappa shape index (κ3) is 7.79. The Kier molecular flexibility index (Phi) is 9.35. The van der Waals surface area contributed by atoms with Crippen LogP contribution in [0.4, 0.5) is 0 Å². The largest absolute Gasteiger partial charge is 0.379 e. The minimum absolute atomic E-state index is 0.104. The van der Waals surface area contributed by atoms with Gasteiger partial charge in [0, 0.05) is 37.9 Å². The number of carbonyl (C=O) groups is 1. The Balaban J connectivity index is 1.39. The Morgan fingerprint density at radius 1 is 1.05 bits per heavy atom. The van der Waals surface area contributed by atoms with Crippen LogP contribution in [0.5, 0.6) is 0 Å². The van der Waals surface area contributed by atoms with E-state index in [0.717, 1.165) is 61.9 Å². The molecular weight excluding hydrogens is 601 g/mol. The third-order valence-electron chi connectivity index (χ3n) is 6.84. The molecule has 0 radical (unpaired) electrons. The van der Waals surface area contributed by atoms with E-state index < -0.39 is 36.8 Å². The zero-order chi connectivity index (χ0) is 29.7. The summed E-state index contributed by atoms with van der Waals surface area (Å²) >= 11 is 1.12. The molecule has 42 heavy (non-hydrogen) atoms. The van der Waals surface area contributed by atoms with Gasteiger partial charge in [-0.05, 0) is 23.3 Å². The number of thiazole rings is 1. The minimum Gasteiger partial charge on any atom is -0.379 e. The molecule has 0 spiro atoms. The summed E-state index contributed by atoms with van der Waals surface area (Å²) in [7, 11) is -7.93. The molecule has 2 aromatic carbocycles. The second kappa shape index (κ2) is 13.0. The second-order valence-electron chi connectivity index (χ2n) is 10.0.